The molecule has 2 aromatic rings. The molecule has 0 aliphatic rings. The highest BCUT2D eigenvalue weighted by molar-refractivity contribution is 6.30. The number of aryl methyl sites for hydroxylation is 2. The van der Waals surface area contributed by atoms with Gasteiger partial charge in [-0.25, -0.2) is 0 Å². The predicted octanol–water partition coefficient (Wildman–Crippen LogP) is 4.23. The first-order valence-corrected chi connectivity index (χ1v) is 7.05. The Labute approximate surface area is 129 Å². The van der Waals surface area contributed by atoms with Gasteiger partial charge in [0.2, 0.25) is 0 Å². The molecule has 0 spiro atoms. The summed E-state index contributed by atoms with van der Waals surface area (Å²) in [6.07, 6.45) is 0.729. The van der Waals surface area contributed by atoms with Crippen molar-refractivity contribution in [1.29, 1.82) is 0 Å². The van der Waals surface area contributed by atoms with E-state index in [0.29, 0.717) is 29.5 Å². The molecule has 0 N–H and O–H groups in total. The van der Waals surface area contributed by atoms with E-state index in [0.717, 1.165) is 23.2 Å². The lowest BCUT2D eigenvalue weighted by molar-refractivity contribution is 0.111. The van der Waals surface area contributed by atoms with Crippen molar-refractivity contribution in [1.82, 2.24) is 0 Å². The van der Waals surface area contributed by atoms with E-state index in [4.69, 9.17) is 21.1 Å². The fourth-order valence-corrected chi connectivity index (χ4v) is 2.09. The van der Waals surface area contributed by atoms with Crippen LogP contribution in [0.5, 0.6) is 11.5 Å². The number of aldehydes is 1. The van der Waals surface area contributed by atoms with Crippen molar-refractivity contribution in [2.75, 3.05) is 13.2 Å². The number of carbonyl (C=O) groups excluding carboxylic acids is 1. The standard InChI is InChI=1S/C17H17ClO3/c1-12-3-4-13(2)17(9-12)21-8-7-20-16-6-5-15(18)10-14(16)11-19/h3-6,9-11H,7-8H2,1-2H3. The molecular formula is C17H17ClO3. The number of hydrogen-bond donors (Lipinski definition) is 0. The van der Waals surface area contributed by atoms with Crippen LogP contribution in [0.3, 0.4) is 0 Å². The Morgan fingerprint density at radius 1 is 1.00 bits per heavy atom. The third-order valence-corrected chi connectivity index (χ3v) is 3.28. The first-order valence-electron chi connectivity index (χ1n) is 6.68. The number of benzene rings is 2. The molecule has 0 radical (unpaired) electrons. The zero-order valence-corrected chi connectivity index (χ0v) is 12.8. The molecule has 110 valence electrons. The van der Waals surface area contributed by atoms with E-state index in [1.807, 2.05) is 32.0 Å². The van der Waals surface area contributed by atoms with Gasteiger partial charge in [0.1, 0.15) is 24.7 Å². The minimum Gasteiger partial charge on any atom is -0.490 e. The molecule has 4 heteroatoms. The molecule has 0 bridgehead atoms. The van der Waals surface area contributed by atoms with Crippen molar-refractivity contribution in [3.05, 3.63) is 58.1 Å². The second-order valence-corrected chi connectivity index (χ2v) is 5.20. The molecule has 3 nitrogen and oxygen atoms in total. The molecule has 0 aliphatic heterocycles. The van der Waals surface area contributed by atoms with Gasteiger partial charge in [-0.05, 0) is 49.2 Å². The summed E-state index contributed by atoms with van der Waals surface area (Å²) in [4.78, 5) is 10.9. The molecule has 0 amide bonds. The molecule has 21 heavy (non-hydrogen) atoms. The maximum absolute atomic E-state index is 10.9. The van der Waals surface area contributed by atoms with Gasteiger partial charge in [0.15, 0.2) is 6.29 Å². The second-order valence-electron chi connectivity index (χ2n) is 4.77. The van der Waals surface area contributed by atoms with Crippen LogP contribution in [0.15, 0.2) is 36.4 Å². The largest absolute Gasteiger partial charge is 0.490 e. The van der Waals surface area contributed by atoms with Crippen LogP contribution in [-0.4, -0.2) is 19.5 Å². The number of halogens is 1. The Balaban J connectivity index is 1.90. The Hall–Kier alpha value is -2.00. The summed E-state index contributed by atoms with van der Waals surface area (Å²) in [5, 5.41) is 0.510. The fourth-order valence-electron chi connectivity index (χ4n) is 1.91. The molecule has 2 rings (SSSR count). The minimum atomic E-state index is 0.357. The Morgan fingerprint density at radius 3 is 2.43 bits per heavy atom. The summed E-state index contributed by atoms with van der Waals surface area (Å²) in [6, 6.07) is 11.0. The Bertz CT molecular complexity index is 638. The zero-order chi connectivity index (χ0) is 15.2. The van der Waals surface area contributed by atoms with E-state index in [1.165, 1.54) is 0 Å². The molecular weight excluding hydrogens is 288 g/mol. The molecule has 0 saturated carbocycles. The van der Waals surface area contributed by atoms with Gasteiger partial charge < -0.3 is 9.47 Å². The van der Waals surface area contributed by atoms with E-state index < -0.39 is 0 Å². The molecule has 0 heterocycles. The monoisotopic (exact) mass is 304 g/mol. The van der Waals surface area contributed by atoms with Gasteiger partial charge in [-0.2, -0.15) is 0 Å². The van der Waals surface area contributed by atoms with Gasteiger partial charge in [0.25, 0.3) is 0 Å². The van der Waals surface area contributed by atoms with Crippen LogP contribution in [-0.2, 0) is 0 Å². The number of hydrogen-bond acceptors (Lipinski definition) is 3. The van der Waals surface area contributed by atoms with Gasteiger partial charge in [-0.15, -0.1) is 0 Å². The third kappa shape index (κ3) is 4.23. The van der Waals surface area contributed by atoms with E-state index in [2.05, 4.69) is 0 Å². The van der Waals surface area contributed by atoms with Crippen LogP contribution in [0.1, 0.15) is 21.5 Å². The lowest BCUT2D eigenvalue weighted by atomic mass is 10.1. The lowest BCUT2D eigenvalue weighted by Gasteiger charge is -2.12. The van der Waals surface area contributed by atoms with Crippen LogP contribution < -0.4 is 9.47 Å². The van der Waals surface area contributed by atoms with E-state index in [-0.39, 0.29) is 0 Å². The number of carbonyl (C=O) groups is 1. The highest BCUT2D eigenvalue weighted by Crippen LogP contribution is 2.22. The van der Waals surface area contributed by atoms with Gasteiger partial charge in [-0.3, -0.25) is 4.79 Å². The van der Waals surface area contributed by atoms with Crippen molar-refractivity contribution >= 4 is 17.9 Å². The maximum Gasteiger partial charge on any atom is 0.153 e. The predicted molar refractivity (Wildman–Crippen MR) is 83.7 cm³/mol. The SMILES string of the molecule is Cc1ccc(C)c(OCCOc2ccc(Cl)cc2C=O)c1. The van der Waals surface area contributed by atoms with Crippen LogP contribution in [0.25, 0.3) is 0 Å². The molecule has 2 aromatic carbocycles. The van der Waals surface area contributed by atoms with Crippen molar-refractivity contribution in [2.24, 2.45) is 0 Å². The normalized spacial score (nSPS) is 10.2. The van der Waals surface area contributed by atoms with Gasteiger partial charge in [0.05, 0.1) is 5.56 Å². The molecule has 0 aromatic heterocycles. The zero-order valence-electron chi connectivity index (χ0n) is 12.1. The van der Waals surface area contributed by atoms with Crippen molar-refractivity contribution < 1.29 is 14.3 Å². The number of rotatable bonds is 6. The summed E-state index contributed by atoms with van der Waals surface area (Å²) in [6.45, 7) is 4.78. The van der Waals surface area contributed by atoms with Gasteiger partial charge in [0, 0.05) is 5.02 Å². The van der Waals surface area contributed by atoms with E-state index >= 15 is 0 Å². The van der Waals surface area contributed by atoms with E-state index in [9.17, 15) is 4.79 Å². The molecule has 0 unspecified atom stereocenters. The van der Waals surface area contributed by atoms with Crippen LogP contribution in [0.4, 0.5) is 0 Å². The summed E-state index contributed by atoms with van der Waals surface area (Å²) in [7, 11) is 0. The average Bonchev–Trinajstić information content (AvgIpc) is 2.48. The average molecular weight is 305 g/mol. The molecule has 0 fully saturated rings. The van der Waals surface area contributed by atoms with E-state index in [1.54, 1.807) is 18.2 Å². The van der Waals surface area contributed by atoms with Crippen LogP contribution in [0, 0.1) is 13.8 Å². The Morgan fingerprint density at radius 2 is 1.71 bits per heavy atom. The molecule has 0 atom stereocenters. The van der Waals surface area contributed by atoms with Crippen molar-refractivity contribution in [3.8, 4) is 11.5 Å². The van der Waals surface area contributed by atoms with Crippen LogP contribution >= 0.6 is 11.6 Å². The maximum atomic E-state index is 10.9. The molecule has 0 aliphatic carbocycles. The Kier molecular flexibility index (Phi) is 5.23. The second kappa shape index (κ2) is 7.14. The quantitative estimate of drug-likeness (QED) is 0.592. The minimum absolute atomic E-state index is 0.357. The summed E-state index contributed by atoms with van der Waals surface area (Å²) in [5.74, 6) is 1.37. The summed E-state index contributed by atoms with van der Waals surface area (Å²) in [5.41, 5.74) is 2.67. The first-order chi connectivity index (χ1) is 10.1. The molecule has 0 saturated heterocycles. The fraction of sp³-hybridized carbons (Fsp3) is 0.235. The first kappa shape index (κ1) is 15.4. The highest BCUT2D eigenvalue weighted by Gasteiger charge is 2.04. The van der Waals surface area contributed by atoms with Gasteiger partial charge >= 0.3 is 0 Å². The third-order valence-electron chi connectivity index (χ3n) is 3.04. The lowest BCUT2D eigenvalue weighted by Crippen LogP contribution is -2.10. The van der Waals surface area contributed by atoms with Gasteiger partial charge in [-0.1, -0.05) is 23.7 Å². The smallest absolute Gasteiger partial charge is 0.153 e. The van der Waals surface area contributed by atoms with Crippen molar-refractivity contribution in [3.63, 3.8) is 0 Å². The van der Waals surface area contributed by atoms with Crippen LogP contribution in [0.2, 0.25) is 5.02 Å². The number of ether oxygens (including phenoxy) is 2. The summed E-state index contributed by atoms with van der Waals surface area (Å²) >= 11 is 5.83. The summed E-state index contributed by atoms with van der Waals surface area (Å²) < 4.78 is 11.3. The highest BCUT2D eigenvalue weighted by atomic mass is 35.5. The van der Waals surface area contributed by atoms with Crippen molar-refractivity contribution in [2.45, 2.75) is 13.8 Å². The topological polar surface area (TPSA) is 35.5 Å².